The molecular weight excluding hydrogens is 251 g/mol. The Bertz CT molecular complexity index is 485. The SMILES string of the molecule is CCOC(CNc1ccc(C#N)cc1F)CC(=O)O. The molecule has 0 saturated carbocycles. The maximum absolute atomic E-state index is 13.6. The van der Waals surface area contributed by atoms with E-state index in [-0.39, 0.29) is 24.2 Å². The fourth-order valence-corrected chi connectivity index (χ4v) is 1.57. The summed E-state index contributed by atoms with van der Waals surface area (Å²) >= 11 is 0. The van der Waals surface area contributed by atoms with Gasteiger partial charge in [-0.1, -0.05) is 0 Å². The number of carboxylic acids is 1. The number of halogens is 1. The van der Waals surface area contributed by atoms with Crippen LogP contribution in [0.15, 0.2) is 18.2 Å². The minimum absolute atomic E-state index is 0.154. The Labute approximate surface area is 110 Å². The molecule has 0 aliphatic rings. The van der Waals surface area contributed by atoms with Gasteiger partial charge in [-0.2, -0.15) is 5.26 Å². The van der Waals surface area contributed by atoms with Crippen molar-refractivity contribution < 1.29 is 19.0 Å². The van der Waals surface area contributed by atoms with Crippen LogP contribution in [-0.2, 0) is 9.53 Å². The van der Waals surface area contributed by atoms with Crippen LogP contribution in [0.2, 0.25) is 0 Å². The van der Waals surface area contributed by atoms with Crippen molar-refractivity contribution in [1.29, 1.82) is 5.26 Å². The van der Waals surface area contributed by atoms with Crippen LogP contribution in [0.1, 0.15) is 18.9 Å². The van der Waals surface area contributed by atoms with Gasteiger partial charge < -0.3 is 15.2 Å². The number of rotatable bonds is 7. The Morgan fingerprint density at radius 3 is 2.89 bits per heavy atom. The average Bonchev–Trinajstić information content (AvgIpc) is 2.36. The second-order valence-corrected chi connectivity index (χ2v) is 3.86. The molecule has 0 spiro atoms. The molecule has 19 heavy (non-hydrogen) atoms. The zero-order valence-electron chi connectivity index (χ0n) is 10.5. The second-order valence-electron chi connectivity index (χ2n) is 3.86. The van der Waals surface area contributed by atoms with Crippen molar-refractivity contribution in [2.45, 2.75) is 19.4 Å². The van der Waals surface area contributed by atoms with Crippen LogP contribution in [0.3, 0.4) is 0 Å². The molecule has 0 heterocycles. The molecular formula is C13H15FN2O3. The van der Waals surface area contributed by atoms with E-state index in [9.17, 15) is 9.18 Å². The van der Waals surface area contributed by atoms with Crippen LogP contribution in [0, 0.1) is 17.1 Å². The highest BCUT2D eigenvalue weighted by atomic mass is 19.1. The molecule has 0 aromatic heterocycles. The Morgan fingerprint density at radius 2 is 2.37 bits per heavy atom. The lowest BCUT2D eigenvalue weighted by Gasteiger charge is -2.16. The molecule has 0 aliphatic heterocycles. The summed E-state index contributed by atoms with van der Waals surface area (Å²) in [4.78, 5) is 10.6. The number of aliphatic carboxylic acids is 1. The van der Waals surface area contributed by atoms with E-state index in [2.05, 4.69) is 5.32 Å². The molecule has 1 aromatic rings. The Hall–Kier alpha value is -2.13. The Balaban J connectivity index is 2.63. The summed E-state index contributed by atoms with van der Waals surface area (Å²) in [7, 11) is 0. The zero-order valence-corrected chi connectivity index (χ0v) is 10.5. The van der Waals surface area contributed by atoms with Crippen molar-refractivity contribution in [2.75, 3.05) is 18.5 Å². The van der Waals surface area contributed by atoms with Gasteiger partial charge in [0.05, 0.1) is 29.8 Å². The molecule has 1 rings (SSSR count). The van der Waals surface area contributed by atoms with Crippen LogP contribution in [0.5, 0.6) is 0 Å². The maximum Gasteiger partial charge on any atom is 0.306 e. The second kappa shape index (κ2) is 7.34. The fourth-order valence-electron chi connectivity index (χ4n) is 1.57. The van der Waals surface area contributed by atoms with Gasteiger partial charge in [-0.15, -0.1) is 0 Å². The van der Waals surface area contributed by atoms with E-state index in [1.165, 1.54) is 12.1 Å². The maximum atomic E-state index is 13.6. The van der Waals surface area contributed by atoms with E-state index >= 15 is 0 Å². The highest BCUT2D eigenvalue weighted by Crippen LogP contribution is 2.15. The molecule has 6 heteroatoms. The first-order chi connectivity index (χ1) is 9.06. The first kappa shape index (κ1) is 14.9. The summed E-state index contributed by atoms with van der Waals surface area (Å²) in [6.07, 6.45) is -0.684. The van der Waals surface area contributed by atoms with Crippen LogP contribution in [0.25, 0.3) is 0 Å². The monoisotopic (exact) mass is 266 g/mol. The van der Waals surface area contributed by atoms with Crippen LogP contribution >= 0.6 is 0 Å². The van der Waals surface area contributed by atoms with E-state index in [0.717, 1.165) is 6.07 Å². The number of hydrogen-bond acceptors (Lipinski definition) is 4. The minimum atomic E-state index is -0.972. The van der Waals surface area contributed by atoms with Gasteiger partial charge in [0, 0.05) is 13.2 Å². The van der Waals surface area contributed by atoms with E-state index in [1.54, 1.807) is 6.92 Å². The van der Waals surface area contributed by atoms with Crippen molar-refractivity contribution in [2.24, 2.45) is 0 Å². The topological polar surface area (TPSA) is 82.3 Å². The number of nitriles is 1. The Kier molecular flexibility index (Phi) is 5.76. The van der Waals surface area contributed by atoms with Gasteiger partial charge in [0.15, 0.2) is 0 Å². The third-order valence-electron chi connectivity index (χ3n) is 2.42. The molecule has 0 aliphatic carbocycles. The summed E-state index contributed by atoms with van der Waals surface area (Å²) in [6, 6.07) is 5.88. The molecule has 1 aromatic carbocycles. The third kappa shape index (κ3) is 4.94. The number of carbonyl (C=O) groups is 1. The van der Waals surface area contributed by atoms with Crippen molar-refractivity contribution in [1.82, 2.24) is 0 Å². The number of hydrogen-bond donors (Lipinski definition) is 2. The van der Waals surface area contributed by atoms with Gasteiger partial charge in [0.1, 0.15) is 5.82 Å². The van der Waals surface area contributed by atoms with Gasteiger partial charge in [-0.3, -0.25) is 4.79 Å². The summed E-state index contributed by atoms with van der Waals surface area (Å²) < 4.78 is 18.8. The highest BCUT2D eigenvalue weighted by Gasteiger charge is 2.14. The van der Waals surface area contributed by atoms with Gasteiger partial charge in [-0.25, -0.2) is 4.39 Å². The van der Waals surface area contributed by atoms with E-state index in [4.69, 9.17) is 15.1 Å². The van der Waals surface area contributed by atoms with E-state index in [1.807, 2.05) is 6.07 Å². The van der Waals surface area contributed by atoms with Crippen molar-refractivity contribution in [3.8, 4) is 6.07 Å². The molecule has 0 saturated heterocycles. The smallest absolute Gasteiger partial charge is 0.306 e. The Morgan fingerprint density at radius 1 is 1.63 bits per heavy atom. The van der Waals surface area contributed by atoms with E-state index < -0.39 is 17.9 Å². The lowest BCUT2D eigenvalue weighted by atomic mass is 10.2. The number of nitrogens with one attached hydrogen (secondary N) is 1. The zero-order chi connectivity index (χ0) is 14.3. The molecule has 2 N–H and O–H groups in total. The quantitative estimate of drug-likeness (QED) is 0.788. The predicted octanol–water partition coefficient (Wildman–Crippen LogP) is 1.99. The number of anilines is 1. The number of nitrogens with zero attached hydrogens (tertiary/aromatic N) is 1. The lowest BCUT2D eigenvalue weighted by Crippen LogP contribution is -2.26. The van der Waals surface area contributed by atoms with Gasteiger partial charge in [-0.05, 0) is 25.1 Å². The largest absolute Gasteiger partial charge is 0.481 e. The fraction of sp³-hybridized carbons (Fsp3) is 0.385. The average molecular weight is 266 g/mol. The first-order valence-electron chi connectivity index (χ1n) is 5.83. The predicted molar refractivity (Wildman–Crippen MR) is 67.3 cm³/mol. The van der Waals surface area contributed by atoms with Crippen LogP contribution in [0.4, 0.5) is 10.1 Å². The molecule has 5 nitrogen and oxygen atoms in total. The summed E-state index contributed by atoms with van der Waals surface area (Å²) in [5.74, 6) is -1.52. The molecule has 0 fully saturated rings. The van der Waals surface area contributed by atoms with Gasteiger partial charge >= 0.3 is 5.97 Å². The molecule has 102 valence electrons. The van der Waals surface area contributed by atoms with E-state index in [0.29, 0.717) is 6.61 Å². The van der Waals surface area contributed by atoms with Crippen molar-refractivity contribution in [3.05, 3.63) is 29.6 Å². The molecule has 1 atom stereocenters. The molecule has 0 amide bonds. The van der Waals surface area contributed by atoms with Gasteiger partial charge in [0.2, 0.25) is 0 Å². The minimum Gasteiger partial charge on any atom is -0.481 e. The van der Waals surface area contributed by atoms with Gasteiger partial charge in [0.25, 0.3) is 0 Å². The van der Waals surface area contributed by atoms with Crippen molar-refractivity contribution >= 4 is 11.7 Å². The highest BCUT2D eigenvalue weighted by molar-refractivity contribution is 5.67. The number of carboxylic acid groups (broad SMARTS) is 1. The van der Waals surface area contributed by atoms with Crippen LogP contribution < -0.4 is 5.32 Å². The molecule has 0 radical (unpaired) electrons. The summed E-state index contributed by atoms with van der Waals surface area (Å²) in [6.45, 7) is 2.33. The van der Waals surface area contributed by atoms with Crippen molar-refractivity contribution in [3.63, 3.8) is 0 Å². The normalized spacial score (nSPS) is 11.6. The first-order valence-corrected chi connectivity index (χ1v) is 5.83. The third-order valence-corrected chi connectivity index (χ3v) is 2.42. The van der Waals surface area contributed by atoms with Crippen LogP contribution in [-0.4, -0.2) is 30.3 Å². The lowest BCUT2D eigenvalue weighted by molar-refractivity contribution is -0.139. The molecule has 1 unspecified atom stereocenters. The summed E-state index contributed by atoms with van der Waals surface area (Å²) in [5, 5.41) is 20.1. The number of ether oxygens (including phenoxy) is 1. The number of benzene rings is 1. The summed E-state index contributed by atoms with van der Waals surface area (Å²) in [5.41, 5.74) is 0.448. The molecule has 0 bridgehead atoms. The standard InChI is InChI=1S/C13H15FN2O3/c1-2-19-10(6-13(17)18)8-16-12-4-3-9(7-15)5-11(12)14/h3-5,10,16H,2,6,8H2,1H3,(H,17,18).